The van der Waals surface area contributed by atoms with Gasteiger partial charge in [-0.15, -0.1) is 21.5 Å². The molecule has 0 amide bonds. The predicted molar refractivity (Wildman–Crippen MR) is 119 cm³/mol. The molecule has 2 aromatic carbocycles. The maximum absolute atomic E-state index is 9.17. The van der Waals surface area contributed by atoms with Crippen LogP contribution < -0.4 is 0 Å². The molecular weight excluding hydrogens is 390 g/mol. The minimum absolute atomic E-state index is 0.659. The van der Waals surface area contributed by atoms with Crippen molar-refractivity contribution in [2.45, 2.75) is 20.8 Å². The number of hydrogen-bond acceptors (Lipinski definition) is 5. The van der Waals surface area contributed by atoms with Gasteiger partial charge in [0.25, 0.3) is 0 Å². The van der Waals surface area contributed by atoms with E-state index in [0.29, 0.717) is 5.56 Å². The van der Waals surface area contributed by atoms with E-state index in [-0.39, 0.29) is 0 Å². The van der Waals surface area contributed by atoms with Gasteiger partial charge in [-0.3, -0.25) is 9.56 Å². The lowest BCUT2D eigenvalue weighted by atomic mass is 9.97. The molecule has 145 valence electrons. The zero-order valence-electron chi connectivity index (χ0n) is 16.8. The Morgan fingerprint density at radius 3 is 2.47 bits per heavy atom. The Morgan fingerprint density at radius 1 is 0.933 bits per heavy atom. The van der Waals surface area contributed by atoms with Crippen molar-refractivity contribution in [2.24, 2.45) is 4.99 Å². The fourth-order valence-corrected chi connectivity index (χ4v) is 4.97. The third-order valence-electron chi connectivity index (χ3n) is 5.45. The van der Waals surface area contributed by atoms with Crippen molar-refractivity contribution in [3.05, 3.63) is 93.9 Å². The zero-order valence-corrected chi connectivity index (χ0v) is 17.7. The van der Waals surface area contributed by atoms with Crippen molar-refractivity contribution in [1.82, 2.24) is 14.8 Å². The van der Waals surface area contributed by atoms with E-state index in [2.05, 4.69) is 58.9 Å². The maximum Gasteiger partial charge on any atom is 0.165 e. The molecule has 30 heavy (non-hydrogen) atoms. The van der Waals surface area contributed by atoms with E-state index in [4.69, 9.17) is 10.3 Å². The quantitative estimate of drug-likeness (QED) is 0.460. The molecule has 0 saturated heterocycles. The standard InChI is InChI=1S/C24H18N5S/c1-14-15(2)30-24-22(14)23(26-13-21-28-27-16(3)29(21)24)19-9-7-18(8-10-19)20-6-4-5-17(11-20)12-25/h4-11,13H,1-3H3. The molecule has 0 N–H and O–H groups in total. The summed E-state index contributed by atoms with van der Waals surface area (Å²) in [4.78, 5) is 6.09. The molecule has 5 nitrogen and oxygen atoms in total. The second kappa shape index (κ2) is 7.05. The van der Waals surface area contributed by atoms with Crippen LogP contribution >= 0.6 is 11.3 Å². The summed E-state index contributed by atoms with van der Waals surface area (Å²) in [6.45, 7) is 8.04. The summed E-state index contributed by atoms with van der Waals surface area (Å²) >= 11 is 1.75. The number of thiophene rings is 1. The van der Waals surface area contributed by atoms with Crippen molar-refractivity contribution < 1.29 is 0 Å². The molecule has 0 saturated carbocycles. The van der Waals surface area contributed by atoms with E-state index in [1.54, 1.807) is 17.9 Å². The summed E-state index contributed by atoms with van der Waals surface area (Å²) in [5, 5.41) is 18.8. The summed E-state index contributed by atoms with van der Waals surface area (Å²) in [6, 6.07) is 18.2. The van der Waals surface area contributed by atoms with E-state index in [1.165, 1.54) is 10.4 Å². The zero-order chi connectivity index (χ0) is 20.8. The molecule has 0 fully saturated rings. The third-order valence-corrected chi connectivity index (χ3v) is 6.64. The van der Waals surface area contributed by atoms with Crippen LogP contribution in [0.25, 0.3) is 16.1 Å². The molecule has 0 aliphatic carbocycles. The van der Waals surface area contributed by atoms with E-state index in [9.17, 15) is 0 Å². The highest BCUT2D eigenvalue weighted by Gasteiger charge is 2.26. The fraction of sp³-hybridized carbons (Fsp3) is 0.125. The Balaban J connectivity index is 1.61. The molecule has 0 atom stereocenters. The van der Waals surface area contributed by atoms with Gasteiger partial charge in [-0.25, -0.2) is 0 Å². The molecule has 6 heteroatoms. The normalized spacial score (nSPS) is 12.5. The number of nitriles is 1. The van der Waals surface area contributed by atoms with Crippen LogP contribution in [0.4, 0.5) is 0 Å². The second-order valence-electron chi connectivity index (χ2n) is 7.28. The van der Waals surface area contributed by atoms with Crippen molar-refractivity contribution >= 4 is 17.0 Å². The molecule has 1 aliphatic rings. The highest BCUT2D eigenvalue weighted by atomic mass is 32.1. The monoisotopic (exact) mass is 408 g/mol. The van der Waals surface area contributed by atoms with Gasteiger partial charge < -0.3 is 0 Å². The molecule has 2 aromatic heterocycles. The predicted octanol–water partition coefficient (Wildman–Crippen LogP) is 5.15. The number of aliphatic imine (C=N–C) groups is 1. The fourth-order valence-electron chi connectivity index (χ4n) is 3.75. The first-order chi connectivity index (χ1) is 14.6. The lowest BCUT2D eigenvalue weighted by molar-refractivity contribution is 0.962. The van der Waals surface area contributed by atoms with Gasteiger partial charge in [-0.05, 0) is 49.6 Å². The Bertz CT molecular complexity index is 1350. The van der Waals surface area contributed by atoms with Crippen LogP contribution in [0.2, 0.25) is 0 Å². The van der Waals surface area contributed by atoms with Gasteiger partial charge in [0, 0.05) is 16.0 Å². The summed E-state index contributed by atoms with van der Waals surface area (Å²) in [7, 11) is 0. The van der Waals surface area contributed by atoms with Crippen LogP contribution in [0.3, 0.4) is 0 Å². The molecule has 0 bridgehead atoms. The number of fused-ring (bicyclic) bond motifs is 3. The van der Waals surface area contributed by atoms with E-state index < -0.39 is 0 Å². The lowest BCUT2D eigenvalue weighted by Crippen LogP contribution is -2.07. The Labute approximate surface area is 179 Å². The van der Waals surface area contributed by atoms with Crippen molar-refractivity contribution in [2.75, 3.05) is 0 Å². The SMILES string of the molecule is Cc1sc2c(c1C)C(c1ccc(-c3cccc(C#N)c3)cc1)=N[CH]c1nnc(C)n1-2. The number of aryl methyl sites for hydroxylation is 2. The largest absolute Gasteiger partial charge is 0.271 e. The highest BCUT2D eigenvalue weighted by molar-refractivity contribution is 7.15. The smallest absolute Gasteiger partial charge is 0.165 e. The summed E-state index contributed by atoms with van der Waals surface area (Å²) in [5.74, 6) is 1.60. The van der Waals surface area contributed by atoms with Crippen LogP contribution in [0.15, 0.2) is 53.5 Å². The minimum Gasteiger partial charge on any atom is -0.271 e. The number of aromatic nitrogens is 3. The van der Waals surface area contributed by atoms with Gasteiger partial charge >= 0.3 is 0 Å². The van der Waals surface area contributed by atoms with Crippen LogP contribution in [-0.4, -0.2) is 20.5 Å². The molecule has 0 spiro atoms. The van der Waals surface area contributed by atoms with E-state index in [1.807, 2.05) is 31.2 Å². The average Bonchev–Trinajstić information content (AvgIpc) is 3.22. The second-order valence-corrected chi connectivity index (χ2v) is 8.48. The van der Waals surface area contributed by atoms with Gasteiger partial charge in [0.05, 0.1) is 17.3 Å². The molecule has 3 heterocycles. The number of hydrogen-bond donors (Lipinski definition) is 0. The van der Waals surface area contributed by atoms with E-state index >= 15 is 0 Å². The molecule has 1 radical (unpaired) electrons. The van der Waals surface area contributed by atoms with Crippen LogP contribution in [0.1, 0.15) is 38.8 Å². The van der Waals surface area contributed by atoms with Crippen molar-refractivity contribution in [3.8, 4) is 22.2 Å². The first-order valence-corrected chi connectivity index (χ1v) is 10.4. The van der Waals surface area contributed by atoms with Crippen LogP contribution in [0, 0.1) is 38.6 Å². The average molecular weight is 409 g/mol. The van der Waals surface area contributed by atoms with E-state index in [0.717, 1.165) is 44.6 Å². The van der Waals surface area contributed by atoms with Crippen LogP contribution in [0.5, 0.6) is 0 Å². The van der Waals surface area contributed by atoms with Gasteiger partial charge in [-0.2, -0.15) is 5.26 Å². The van der Waals surface area contributed by atoms with Gasteiger partial charge in [-0.1, -0.05) is 36.4 Å². The minimum atomic E-state index is 0.659. The summed E-state index contributed by atoms with van der Waals surface area (Å²) in [5.41, 5.74) is 7.11. The highest BCUT2D eigenvalue weighted by Crippen LogP contribution is 2.36. The van der Waals surface area contributed by atoms with Crippen molar-refractivity contribution in [3.63, 3.8) is 0 Å². The maximum atomic E-state index is 9.17. The first-order valence-electron chi connectivity index (χ1n) is 9.61. The summed E-state index contributed by atoms with van der Waals surface area (Å²) in [6.07, 6.45) is 0. The molecule has 1 aliphatic heterocycles. The Hall–Kier alpha value is -3.56. The number of benzene rings is 2. The van der Waals surface area contributed by atoms with Crippen LogP contribution in [-0.2, 0) is 0 Å². The number of rotatable bonds is 2. The molecular formula is C24H18N5S. The number of nitrogens with zero attached hydrogens (tertiary/aromatic N) is 5. The van der Waals surface area contributed by atoms with Gasteiger partial charge in [0.2, 0.25) is 0 Å². The molecule has 5 rings (SSSR count). The van der Waals surface area contributed by atoms with Gasteiger partial charge in [0.15, 0.2) is 5.82 Å². The Kier molecular flexibility index (Phi) is 4.34. The molecule has 0 unspecified atom stereocenters. The van der Waals surface area contributed by atoms with Gasteiger partial charge in [0.1, 0.15) is 17.4 Å². The Morgan fingerprint density at radius 2 is 1.70 bits per heavy atom. The van der Waals surface area contributed by atoms with Crippen molar-refractivity contribution in [1.29, 1.82) is 5.26 Å². The first kappa shape index (κ1) is 18.5. The third kappa shape index (κ3) is 2.87. The molecule has 4 aromatic rings. The summed E-state index contributed by atoms with van der Waals surface area (Å²) < 4.78 is 2.08. The lowest BCUT2D eigenvalue weighted by Gasteiger charge is -2.10. The topological polar surface area (TPSA) is 66.9 Å².